The first-order valence-electron chi connectivity index (χ1n) is 8.30. The largest absolute Gasteiger partial charge is 0.573 e. The van der Waals surface area contributed by atoms with Gasteiger partial charge in [-0.2, -0.15) is 0 Å². The summed E-state index contributed by atoms with van der Waals surface area (Å²) >= 11 is 3.45. The third-order valence-electron chi connectivity index (χ3n) is 4.43. The zero-order valence-electron chi connectivity index (χ0n) is 14.2. The van der Waals surface area contributed by atoms with Crippen LogP contribution < -0.4 is 10.1 Å². The number of halogens is 4. The molecule has 0 aromatic heterocycles. The summed E-state index contributed by atoms with van der Waals surface area (Å²) < 4.78 is 47.0. The maximum atomic E-state index is 12.7. The summed E-state index contributed by atoms with van der Waals surface area (Å²) in [5.41, 5.74) is 0.608. The molecule has 1 fully saturated rings. The van der Waals surface area contributed by atoms with E-state index in [1.54, 1.807) is 0 Å². The first-order valence-corrected chi connectivity index (χ1v) is 9.09. The first-order chi connectivity index (χ1) is 12.8. The smallest absolute Gasteiger partial charge is 0.406 e. The van der Waals surface area contributed by atoms with Gasteiger partial charge < -0.3 is 14.8 Å². The van der Waals surface area contributed by atoms with Crippen molar-refractivity contribution in [3.8, 4) is 5.75 Å². The molecule has 27 heavy (non-hydrogen) atoms. The highest BCUT2D eigenvalue weighted by molar-refractivity contribution is 9.10. The predicted molar refractivity (Wildman–Crippen MR) is 96.5 cm³/mol. The van der Waals surface area contributed by atoms with Gasteiger partial charge in [-0.25, -0.2) is 0 Å². The van der Waals surface area contributed by atoms with Crippen molar-refractivity contribution in [2.75, 3.05) is 13.2 Å². The normalized spacial score (nSPS) is 16.6. The van der Waals surface area contributed by atoms with E-state index in [1.165, 1.54) is 12.1 Å². The minimum absolute atomic E-state index is 0.255. The van der Waals surface area contributed by atoms with Crippen molar-refractivity contribution in [2.24, 2.45) is 0 Å². The second-order valence-corrected chi connectivity index (χ2v) is 7.15. The van der Waals surface area contributed by atoms with Gasteiger partial charge in [0.1, 0.15) is 5.75 Å². The zero-order chi connectivity index (χ0) is 19.5. The van der Waals surface area contributed by atoms with Crippen molar-refractivity contribution in [3.05, 3.63) is 64.1 Å². The third kappa shape index (κ3) is 5.01. The lowest BCUT2D eigenvalue weighted by Crippen LogP contribution is -2.49. The topological polar surface area (TPSA) is 47.6 Å². The second kappa shape index (κ2) is 7.90. The molecule has 144 valence electrons. The summed E-state index contributed by atoms with van der Waals surface area (Å²) in [6, 6.07) is 12.6. The van der Waals surface area contributed by atoms with E-state index in [-0.39, 0.29) is 17.2 Å². The van der Waals surface area contributed by atoms with Crippen molar-refractivity contribution >= 4 is 21.8 Å². The SMILES string of the molecule is O=C(NC1(c2cccc(Br)c2)CCOCC1)c1ccc(OC(F)(F)F)cc1. The third-order valence-corrected chi connectivity index (χ3v) is 4.92. The average molecular weight is 444 g/mol. The number of alkyl halides is 3. The summed E-state index contributed by atoms with van der Waals surface area (Å²) in [5.74, 6) is -0.734. The van der Waals surface area contributed by atoms with E-state index in [4.69, 9.17) is 4.74 Å². The monoisotopic (exact) mass is 443 g/mol. The Morgan fingerprint density at radius 2 is 1.78 bits per heavy atom. The number of amides is 1. The van der Waals surface area contributed by atoms with Gasteiger partial charge in [0.2, 0.25) is 0 Å². The molecular weight excluding hydrogens is 427 g/mol. The average Bonchev–Trinajstić information content (AvgIpc) is 2.62. The molecule has 1 saturated heterocycles. The summed E-state index contributed by atoms with van der Waals surface area (Å²) in [7, 11) is 0. The molecule has 1 N–H and O–H groups in total. The Morgan fingerprint density at radius 1 is 1.11 bits per heavy atom. The van der Waals surface area contributed by atoms with Crippen molar-refractivity contribution in [3.63, 3.8) is 0 Å². The Morgan fingerprint density at radius 3 is 2.37 bits per heavy atom. The molecule has 0 saturated carbocycles. The first kappa shape index (κ1) is 19.7. The van der Waals surface area contributed by atoms with E-state index >= 15 is 0 Å². The lowest BCUT2D eigenvalue weighted by molar-refractivity contribution is -0.274. The van der Waals surface area contributed by atoms with Gasteiger partial charge in [-0.1, -0.05) is 28.1 Å². The molecule has 0 spiro atoms. The maximum absolute atomic E-state index is 12.7. The molecule has 0 atom stereocenters. The number of hydrogen-bond donors (Lipinski definition) is 1. The van der Waals surface area contributed by atoms with Crippen molar-refractivity contribution in [1.82, 2.24) is 5.32 Å². The molecule has 1 heterocycles. The molecular formula is C19H17BrF3NO3. The maximum Gasteiger partial charge on any atom is 0.573 e. The predicted octanol–water partition coefficient (Wildman–Crippen LogP) is 4.78. The molecule has 1 aliphatic heterocycles. The second-order valence-electron chi connectivity index (χ2n) is 6.23. The number of nitrogens with one attached hydrogen (secondary N) is 1. The molecule has 3 rings (SSSR count). The molecule has 4 nitrogen and oxygen atoms in total. The highest BCUT2D eigenvalue weighted by Gasteiger charge is 2.36. The van der Waals surface area contributed by atoms with Crippen molar-refractivity contribution in [1.29, 1.82) is 0 Å². The Bertz CT molecular complexity index is 803. The van der Waals surface area contributed by atoms with E-state index in [2.05, 4.69) is 26.0 Å². The van der Waals surface area contributed by atoms with Crippen LogP contribution in [0, 0.1) is 0 Å². The van der Waals surface area contributed by atoms with Crippen molar-refractivity contribution in [2.45, 2.75) is 24.7 Å². The number of benzene rings is 2. The minimum Gasteiger partial charge on any atom is -0.406 e. The highest BCUT2D eigenvalue weighted by Crippen LogP contribution is 2.34. The van der Waals surface area contributed by atoms with Crippen LogP contribution in [0.5, 0.6) is 5.75 Å². The van der Waals surface area contributed by atoms with E-state index < -0.39 is 11.9 Å². The number of ether oxygens (including phenoxy) is 2. The fourth-order valence-electron chi connectivity index (χ4n) is 3.09. The van der Waals surface area contributed by atoms with E-state index in [1.807, 2.05) is 24.3 Å². The van der Waals surface area contributed by atoms with E-state index in [0.717, 1.165) is 22.2 Å². The molecule has 0 radical (unpaired) electrons. The van der Waals surface area contributed by atoms with Crippen LogP contribution in [-0.2, 0) is 10.3 Å². The Kier molecular flexibility index (Phi) is 5.76. The molecule has 1 aliphatic rings. The van der Waals surface area contributed by atoms with Crippen LogP contribution in [0.3, 0.4) is 0 Å². The van der Waals surface area contributed by atoms with Gasteiger partial charge in [-0.15, -0.1) is 13.2 Å². The van der Waals surface area contributed by atoms with Gasteiger partial charge in [-0.05, 0) is 54.8 Å². The van der Waals surface area contributed by atoms with Gasteiger partial charge >= 0.3 is 6.36 Å². The van der Waals surface area contributed by atoms with E-state index in [0.29, 0.717) is 26.1 Å². The lowest BCUT2D eigenvalue weighted by atomic mass is 9.82. The van der Waals surface area contributed by atoms with Crippen LogP contribution in [0.15, 0.2) is 53.0 Å². The number of hydrogen-bond acceptors (Lipinski definition) is 3. The summed E-state index contributed by atoms with van der Waals surface area (Å²) in [5, 5.41) is 3.06. The molecule has 2 aromatic rings. The summed E-state index contributed by atoms with van der Waals surface area (Å²) in [6.07, 6.45) is -3.56. The minimum atomic E-state index is -4.77. The van der Waals surface area contributed by atoms with Crippen LogP contribution in [-0.4, -0.2) is 25.5 Å². The number of rotatable bonds is 4. The summed E-state index contributed by atoms with van der Waals surface area (Å²) in [6.45, 7) is 1.01. The van der Waals surface area contributed by atoms with Crippen LogP contribution in [0.2, 0.25) is 0 Å². The lowest BCUT2D eigenvalue weighted by Gasteiger charge is -2.38. The van der Waals surface area contributed by atoms with Crippen LogP contribution in [0.1, 0.15) is 28.8 Å². The molecule has 0 bridgehead atoms. The van der Waals surface area contributed by atoms with Gasteiger partial charge in [0.05, 0.1) is 5.54 Å². The fraction of sp³-hybridized carbons (Fsp3) is 0.316. The molecule has 1 amide bonds. The Labute approximate surface area is 162 Å². The molecule has 8 heteroatoms. The Balaban J connectivity index is 1.81. The van der Waals surface area contributed by atoms with Crippen LogP contribution in [0.25, 0.3) is 0 Å². The quantitative estimate of drug-likeness (QED) is 0.739. The number of carbonyl (C=O) groups excluding carboxylic acids is 1. The molecule has 2 aromatic carbocycles. The highest BCUT2D eigenvalue weighted by atomic mass is 79.9. The van der Waals surface area contributed by atoms with Gasteiger partial charge in [0.25, 0.3) is 5.91 Å². The summed E-state index contributed by atoms with van der Waals surface area (Å²) in [4.78, 5) is 12.7. The standard InChI is InChI=1S/C19H17BrF3NO3/c20-15-3-1-2-14(12-15)18(8-10-26-11-9-18)24-17(25)13-4-6-16(7-5-13)27-19(21,22)23/h1-7,12H,8-11H2,(H,24,25). The van der Waals surface area contributed by atoms with Crippen LogP contribution >= 0.6 is 15.9 Å². The van der Waals surface area contributed by atoms with Crippen LogP contribution in [0.4, 0.5) is 13.2 Å². The van der Waals surface area contributed by atoms with Gasteiger partial charge in [0.15, 0.2) is 0 Å². The van der Waals surface area contributed by atoms with Gasteiger partial charge in [0, 0.05) is 23.2 Å². The Hall–Kier alpha value is -2.06. The fourth-order valence-corrected chi connectivity index (χ4v) is 3.49. The number of carbonyl (C=O) groups is 1. The molecule has 0 unspecified atom stereocenters. The van der Waals surface area contributed by atoms with Gasteiger partial charge in [-0.3, -0.25) is 4.79 Å². The van der Waals surface area contributed by atoms with E-state index in [9.17, 15) is 18.0 Å². The molecule has 0 aliphatic carbocycles. The van der Waals surface area contributed by atoms with Crippen molar-refractivity contribution < 1.29 is 27.4 Å². The zero-order valence-corrected chi connectivity index (χ0v) is 15.8.